The summed E-state index contributed by atoms with van der Waals surface area (Å²) in [5, 5.41) is 13.9. The summed E-state index contributed by atoms with van der Waals surface area (Å²) in [5.74, 6) is -0.198. The SMILES string of the molecule is CNc1ccc(/C=c2/s/c(=C\C(=O)c3ccco3)[nH]c2=O)cc1[N+](=O)[O-]. The fourth-order valence-corrected chi connectivity index (χ4v) is 3.17. The van der Waals surface area contributed by atoms with Crippen LogP contribution in [-0.2, 0) is 0 Å². The molecule has 0 fully saturated rings. The normalized spacial score (nSPS) is 12.3. The van der Waals surface area contributed by atoms with Crippen LogP contribution in [0.5, 0.6) is 0 Å². The molecule has 2 N–H and O–H groups in total. The molecule has 0 saturated heterocycles. The van der Waals surface area contributed by atoms with E-state index in [-0.39, 0.29) is 22.8 Å². The van der Waals surface area contributed by atoms with Crippen LogP contribution in [0, 0.1) is 10.1 Å². The highest BCUT2D eigenvalue weighted by molar-refractivity contribution is 7.07. The molecule has 0 unspecified atom stereocenters. The molecule has 2 heterocycles. The van der Waals surface area contributed by atoms with E-state index in [2.05, 4.69) is 10.3 Å². The number of nitro groups is 1. The zero-order chi connectivity index (χ0) is 18.7. The molecule has 3 rings (SSSR count). The van der Waals surface area contributed by atoms with Crippen molar-refractivity contribution < 1.29 is 14.1 Å². The number of aromatic nitrogens is 1. The minimum absolute atomic E-state index is 0.0889. The number of thiazole rings is 1. The van der Waals surface area contributed by atoms with Gasteiger partial charge in [-0.25, -0.2) is 0 Å². The summed E-state index contributed by atoms with van der Waals surface area (Å²) < 4.78 is 5.71. The van der Waals surface area contributed by atoms with E-state index in [1.807, 2.05) is 0 Å². The van der Waals surface area contributed by atoms with Gasteiger partial charge in [0.15, 0.2) is 5.76 Å². The molecule has 1 aromatic carbocycles. The van der Waals surface area contributed by atoms with Gasteiger partial charge in [0.2, 0.25) is 5.78 Å². The van der Waals surface area contributed by atoms with Crippen molar-refractivity contribution in [1.82, 2.24) is 4.98 Å². The molecule has 0 saturated carbocycles. The lowest BCUT2D eigenvalue weighted by molar-refractivity contribution is -0.383. The molecular formula is C17H13N3O5S. The van der Waals surface area contributed by atoms with Gasteiger partial charge in [-0.1, -0.05) is 6.07 Å². The van der Waals surface area contributed by atoms with E-state index in [9.17, 15) is 19.7 Å². The average Bonchev–Trinajstić information content (AvgIpc) is 3.25. The number of rotatable bonds is 5. The minimum Gasteiger partial charge on any atom is -0.461 e. The van der Waals surface area contributed by atoms with E-state index >= 15 is 0 Å². The first-order valence-corrected chi connectivity index (χ1v) is 8.26. The van der Waals surface area contributed by atoms with E-state index in [1.54, 1.807) is 25.2 Å². The van der Waals surface area contributed by atoms with Crippen LogP contribution in [-0.4, -0.2) is 22.7 Å². The number of hydrogen-bond donors (Lipinski definition) is 2. The number of nitrogens with one attached hydrogen (secondary N) is 2. The standard InChI is InChI=1S/C17H13N3O5S/c1-18-11-5-4-10(7-12(11)20(23)24)8-15-17(22)19-16(26-15)9-13(21)14-3-2-6-25-14/h2-9,18H,1H3,(H,19,22)/b15-8+,16-9-. The van der Waals surface area contributed by atoms with Crippen LogP contribution in [0.3, 0.4) is 0 Å². The predicted molar refractivity (Wildman–Crippen MR) is 97.9 cm³/mol. The smallest absolute Gasteiger partial charge is 0.292 e. The Morgan fingerprint density at radius 3 is 2.85 bits per heavy atom. The zero-order valence-electron chi connectivity index (χ0n) is 13.5. The van der Waals surface area contributed by atoms with Gasteiger partial charge >= 0.3 is 0 Å². The number of aromatic amines is 1. The molecule has 3 aromatic rings. The van der Waals surface area contributed by atoms with Crippen LogP contribution >= 0.6 is 11.3 Å². The summed E-state index contributed by atoms with van der Waals surface area (Å²) in [6.07, 6.45) is 4.19. The summed E-state index contributed by atoms with van der Waals surface area (Å²) in [7, 11) is 1.59. The van der Waals surface area contributed by atoms with Crippen molar-refractivity contribution in [2.24, 2.45) is 0 Å². The van der Waals surface area contributed by atoms with Crippen LogP contribution in [0.25, 0.3) is 12.2 Å². The molecule has 132 valence electrons. The fraction of sp³-hybridized carbons (Fsp3) is 0.0588. The highest BCUT2D eigenvalue weighted by Crippen LogP contribution is 2.25. The average molecular weight is 371 g/mol. The third-order valence-electron chi connectivity index (χ3n) is 3.49. The van der Waals surface area contributed by atoms with E-state index in [0.717, 1.165) is 11.3 Å². The Balaban J connectivity index is 2.02. The second-order valence-electron chi connectivity index (χ2n) is 5.20. The molecule has 0 bridgehead atoms. The van der Waals surface area contributed by atoms with Crippen LogP contribution in [0.1, 0.15) is 16.1 Å². The third-order valence-corrected chi connectivity index (χ3v) is 4.46. The van der Waals surface area contributed by atoms with Crippen LogP contribution in [0.4, 0.5) is 11.4 Å². The molecule has 0 aliphatic rings. The van der Waals surface area contributed by atoms with Gasteiger partial charge in [0, 0.05) is 19.2 Å². The largest absolute Gasteiger partial charge is 0.461 e. The Bertz CT molecular complexity index is 1140. The van der Waals surface area contributed by atoms with Crippen molar-refractivity contribution in [1.29, 1.82) is 0 Å². The second-order valence-corrected chi connectivity index (χ2v) is 6.28. The molecule has 0 radical (unpaired) electrons. The number of H-pyrrole nitrogens is 1. The molecule has 8 nitrogen and oxygen atoms in total. The van der Waals surface area contributed by atoms with E-state index in [1.165, 1.54) is 30.5 Å². The number of anilines is 1. The van der Waals surface area contributed by atoms with Crippen molar-refractivity contribution in [3.8, 4) is 0 Å². The lowest BCUT2D eigenvalue weighted by atomic mass is 10.1. The Hall–Kier alpha value is -3.46. The van der Waals surface area contributed by atoms with Gasteiger partial charge in [-0.2, -0.15) is 0 Å². The maximum absolute atomic E-state index is 12.1. The Morgan fingerprint density at radius 1 is 1.38 bits per heavy atom. The van der Waals surface area contributed by atoms with E-state index in [4.69, 9.17) is 4.42 Å². The first-order valence-electron chi connectivity index (χ1n) is 7.44. The Morgan fingerprint density at radius 2 is 2.19 bits per heavy atom. The molecule has 9 heteroatoms. The number of nitro benzene ring substituents is 1. The Labute approximate surface area is 150 Å². The van der Waals surface area contributed by atoms with Gasteiger partial charge in [0.1, 0.15) is 5.69 Å². The first-order chi connectivity index (χ1) is 12.5. The summed E-state index contributed by atoms with van der Waals surface area (Å²) >= 11 is 1.08. The molecule has 0 atom stereocenters. The number of hydrogen-bond acceptors (Lipinski definition) is 7. The number of carbonyl (C=O) groups excluding carboxylic acids is 1. The van der Waals surface area contributed by atoms with E-state index in [0.29, 0.717) is 20.4 Å². The summed E-state index contributed by atoms with van der Waals surface area (Å²) in [6, 6.07) is 7.73. The summed E-state index contributed by atoms with van der Waals surface area (Å²) in [4.78, 5) is 37.3. The lowest BCUT2D eigenvalue weighted by Crippen LogP contribution is -2.20. The maximum Gasteiger partial charge on any atom is 0.292 e. The fourth-order valence-electron chi connectivity index (χ4n) is 2.29. The molecule has 0 spiro atoms. The van der Waals surface area contributed by atoms with Crippen molar-refractivity contribution in [2.45, 2.75) is 0 Å². The van der Waals surface area contributed by atoms with Gasteiger partial charge in [-0.05, 0) is 29.8 Å². The van der Waals surface area contributed by atoms with Crippen LogP contribution in [0.15, 0.2) is 45.8 Å². The number of carbonyl (C=O) groups is 1. The first kappa shape index (κ1) is 17.4. The summed E-state index contributed by atoms with van der Waals surface area (Å²) in [5.41, 5.74) is 0.417. The van der Waals surface area contributed by atoms with Gasteiger partial charge in [0.25, 0.3) is 11.2 Å². The van der Waals surface area contributed by atoms with Crippen molar-refractivity contribution in [2.75, 3.05) is 12.4 Å². The zero-order valence-corrected chi connectivity index (χ0v) is 14.3. The van der Waals surface area contributed by atoms with Crippen LogP contribution in [0.2, 0.25) is 0 Å². The highest BCUT2D eigenvalue weighted by atomic mass is 32.1. The number of furan rings is 1. The summed E-state index contributed by atoms with van der Waals surface area (Å²) in [6.45, 7) is 0. The highest BCUT2D eigenvalue weighted by Gasteiger charge is 2.12. The van der Waals surface area contributed by atoms with Gasteiger partial charge in [-0.3, -0.25) is 19.7 Å². The molecule has 0 aliphatic heterocycles. The van der Waals surface area contributed by atoms with Gasteiger partial charge < -0.3 is 14.7 Å². The third kappa shape index (κ3) is 3.62. The number of ketones is 1. The predicted octanol–water partition coefficient (Wildman–Crippen LogP) is 1.47. The monoisotopic (exact) mass is 371 g/mol. The maximum atomic E-state index is 12.1. The number of Topliss-reactive ketones (excluding diaryl/α,β-unsaturated/α-hetero) is 1. The van der Waals surface area contributed by atoms with Crippen molar-refractivity contribution in [3.05, 3.63) is 77.6 Å². The molecule has 0 aliphatic carbocycles. The second kappa shape index (κ2) is 7.19. The topological polar surface area (TPSA) is 118 Å². The molecule has 0 amide bonds. The van der Waals surface area contributed by atoms with Gasteiger partial charge in [0.05, 0.1) is 20.4 Å². The van der Waals surface area contributed by atoms with E-state index < -0.39 is 4.92 Å². The Kier molecular flexibility index (Phi) is 4.81. The van der Waals surface area contributed by atoms with Gasteiger partial charge in [-0.15, -0.1) is 11.3 Å². The van der Waals surface area contributed by atoms with Crippen molar-refractivity contribution in [3.63, 3.8) is 0 Å². The molecule has 26 heavy (non-hydrogen) atoms. The number of benzene rings is 1. The van der Waals surface area contributed by atoms with Crippen LogP contribution < -0.4 is 20.1 Å². The lowest BCUT2D eigenvalue weighted by Gasteiger charge is -2.02. The molecule has 2 aromatic heterocycles. The van der Waals surface area contributed by atoms with Crippen molar-refractivity contribution >= 4 is 40.6 Å². The quantitative estimate of drug-likeness (QED) is 0.398. The number of nitrogens with zero attached hydrogens (tertiary/aromatic N) is 1. The minimum atomic E-state index is -0.497. The molecular weight excluding hydrogens is 358 g/mol.